The zero-order valence-corrected chi connectivity index (χ0v) is 20.4. The summed E-state index contributed by atoms with van der Waals surface area (Å²) in [7, 11) is 0. The molecule has 0 spiro atoms. The summed E-state index contributed by atoms with van der Waals surface area (Å²) in [5, 5.41) is 0. The van der Waals surface area contributed by atoms with E-state index in [2.05, 4.69) is 25.5 Å². The molecular formula is C26H32F2N2OS. The van der Waals surface area contributed by atoms with Crippen LogP contribution in [-0.4, -0.2) is 13.9 Å². The van der Waals surface area contributed by atoms with Crippen LogP contribution in [0, 0.1) is 17.0 Å². The highest BCUT2D eigenvalue weighted by Crippen LogP contribution is 2.38. The molecule has 6 heteroatoms. The van der Waals surface area contributed by atoms with Gasteiger partial charge in [-0.25, -0.2) is 8.78 Å². The standard InChI is InChI=1S/C26H32F2N2OS/c1-25(2,3)24(29-32(31)26(4,5)6)23-14-19(21-15-20(27)12-13-22(21)28)17-30(23)16-18-10-8-7-9-11-18/h7-15,17,24,29H,16H2,1-6H3/t24-,32-/m0/s1. The van der Waals surface area contributed by atoms with E-state index < -0.39 is 27.7 Å². The molecule has 0 aliphatic heterocycles. The Morgan fingerprint density at radius 2 is 1.62 bits per heavy atom. The molecule has 3 aromatic rings. The number of halogens is 2. The Hall–Kier alpha value is -2.15. The fraction of sp³-hybridized carbons (Fsp3) is 0.385. The lowest BCUT2D eigenvalue weighted by molar-refractivity contribution is 0.291. The molecule has 3 rings (SSSR count). The third-order valence-corrected chi connectivity index (χ3v) is 6.87. The first-order chi connectivity index (χ1) is 14.9. The summed E-state index contributed by atoms with van der Waals surface area (Å²) in [6.45, 7) is 12.6. The van der Waals surface area contributed by atoms with Gasteiger partial charge in [0.2, 0.25) is 0 Å². The quantitative estimate of drug-likeness (QED) is 0.422. The first-order valence-electron chi connectivity index (χ1n) is 10.7. The smallest absolute Gasteiger partial charge is 0.136 e. The summed E-state index contributed by atoms with van der Waals surface area (Å²) in [5.41, 5.74) is 2.47. The van der Waals surface area contributed by atoms with Gasteiger partial charge in [0.15, 0.2) is 0 Å². The van der Waals surface area contributed by atoms with Crippen molar-refractivity contribution in [2.45, 2.75) is 58.9 Å². The van der Waals surface area contributed by atoms with Gasteiger partial charge in [-0.3, -0.25) is 0 Å². The Bertz CT molecular complexity index is 1050. The lowest BCUT2D eigenvalue weighted by Gasteiger charge is -2.35. The molecule has 32 heavy (non-hydrogen) atoms. The molecule has 3 nitrogen and oxygen atoms in total. The molecule has 1 N–H and O–H groups in total. The van der Waals surface area contributed by atoms with E-state index in [1.807, 2.05) is 67.9 Å². The summed E-state index contributed by atoms with van der Waals surface area (Å²) >= 11 is -1.31. The van der Waals surface area contributed by atoms with Gasteiger partial charge in [-0.1, -0.05) is 51.1 Å². The van der Waals surface area contributed by atoms with Gasteiger partial charge in [0.05, 0.1) is 6.04 Å². The second kappa shape index (κ2) is 9.38. The van der Waals surface area contributed by atoms with Crippen molar-refractivity contribution in [2.24, 2.45) is 5.41 Å². The van der Waals surface area contributed by atoms with Crippen LogP contribution in [0.3, 0.4) is 0 Å². The normalized spacial score (nSPS) is 14.4. The maximum absolute atomic E-state index is 14.6. The Morgan fingerprint density at radius 1 is 0.969 bits per heavy atom. The third-order valence-electron chi connectivity index (χ3n) is 5.31. The van der Waals surface area contributed by atoms with Gasteiger partial charge in [-0.15, -0.1) is 4.72 Å². The van der Waals surface area contributed by atoms with E-state index in [1.165, 1.54) is 6.07 Å². The minimum absolute atomic E-state index is 0.211. The molecule has 0 saturated carbocycles. The number of aromatic nitrogens is 1. The summed E-state index contributed by atoms with van der Waals surface area (Å²) < 4.78 is 46.4. The Balaban J connectivity index is 2.13. The van der Waals surface area contributed by atoms with Crippen molar-refractivity contribution < 1.29 is 13.3 Å². The topological polar surface area (TPSA) is 40.0 Å². The van der Waals surface area contributed by atoms with E-state index in [1.54, 1.807) is 0 Å². The largest absolute Gasteiger partial charge is 0.598 e. The van der Waals surface area contributed by atoms with Crippen LogP contribution in [0.5, 0.6) is 0 Å². The molecule has 172 valence electrons. The van der Waals surface area contributed by atoms with Crippen LogP contribution < -0.4 is 4.72 Å². The predicted octanol–water partition coefficient (Wildman–Crippen LogP) is 6.62. The SMILES string of the molecule is CC(C)(C)[C@@H](N[S@@+]([O-])C(C)(C)C)c1cc(-c2cc(F)ccc2F)cn1Cc1ccccc1. The molecule has 0 radical (unpaired) electrons. The van der Waals surface area contributed by atoms with Crippen LogP contribution in [0.1, 0.15) is 58.8 Å². The van der Waals surface area contributed by atoms with Crippen molar-refractivity contribution in [1.29, 1.82) is 0 Å². The lowest BCUT2D eigenvalue weighted by atomic mass is 9.85. The molecule has 2 atom stereocenters. The van der Waals surface area contributed by atoms with Crippen LogP contribution >= 0.6 is 0 Å². The molecule has 0 unspecified atom stereocenters. The highest BCUT2D eigenvalue weighted by Gasteiger charge is 2.37. The maximum atomic E-state index is 14.6. The molecule has 0 fully saturated rings. The van der Waals surface area contributed by atoms with E-state index in [4.69, 9.17) is 0 Å². The van der Waals surface area contributed by atoms with E-state index in [0.717, 1.165) is 23.4 Å². The average Bonchev–Trinajstić information content (AvgIpc) is 3.09. The van der Waals surface area contributed by atoms with Crippen molar-refractivity contribution in [3.8, 4) is 11.1 Å². The van der Waals surface area contributed by atoms with E-state index in [-0.39, 0.29) is 17.0 Å². The number of hydrogen-bond donors (Lipinski definition) is 1. The van der Waals surface area contributed by atoms with Crippen molar-refractivity contribution >= 4 is 11.4 Å². The zero-order chi connectivity index (χ0) is 23.7. The second-order valence-electron chi connectivity index (χ2n) is 10.2. The van der Waals surface area contributed by atoms with Gasteiger partial charge in [0, 0.05) is 40.9 Å². The fourth-order valence-electron chi connectivity index (χ4n) is 3.52. The summed E-state index contributed by atoms with van der Waals surface area (Å²) in [5.74, 6) is -0.966. The fourth-order valence-corrected chi connectivity index (χ4v) is 4.56. The van der Waals surface area contributed by atoms with Crippen LogP contribution in [0.2, 0.25) is 0 Å². The van der Waals surface area contributed by atoms with Crippen LogP contribution in [0.15, 0.2) is 60.8 Å². The van der Waals surface area contributed by atoms with Gasteiger partial charge in [-0.2, -0.15) is 0 Å². The molecule has 1 aromatic heterocycles. The Morgan fingerprint density at radius 3 is 2.22 bits per heavy atom. The highest BCUT2D eigenvalue weighted by atomic mass is 32.2. The van der Waals surface area contributed by atoms with E-state index in [9.17, 15) is 13.3 Å². The molecule has 0 aliphatic rings. The maximum Gasteiger partial charge on any atom is 0.136 e. The van der Waals surface area contributed by atoms with Crippen molar-refractivity contribution in [1.82, 2.24) is 9.29 Å². The lowest BCUT2D eigenvalue weighted by Crippen LogP contribution is -2.45. The monoisotopic (exact) mass is 458 g/mol. The van der Waals surface area contributed by atoms with Crippen LogP contribution in [-0.2, 0) is 17.9 Å². The van der Waals surface area contributed by atoms with Gasteiger partial charge in [0.1, 0.15) is 16.4 Å². The average molecular weight is 459 g/mol. The third kappa shape index (κ3) is 5.80. The van der Waals surface area contributed by atoms with E-state index >= 15 is 0 Å². The van der Waals surface area contributed by atoms with Crippen LogP contribution in [0.25, 0.3) is 11.1 Å². The summed E-state index contributed by atoms with van der Waals surface area (Å²) in [6, 6.07) is 15.0. The second-order valence-corrected chi connectivity index (χ2v) is 12.2. The summed E-state index contributed by atoms with van der Waals surface area (Å²) in [6.07, 6.45) is 1.85. The number of nitrogens with zero attached hydrogens (tertiary/aromatic N) is 1. The van der Waals surface area contributed by atoms with Crippen molar-refractivity contribution in [3.05, 3.63) is 83.7 Å². The molecule has 2 aromatic carbocycles. The number of rotatable bonds is 6. The highest BCUT2D eigenvalue weighted by molar-refractivity contribution is 7.90. The predicted molar refractivity (Wildman–Crippen MR) is 129 cm³/mol. The molecular weight excluding hydrogens is 426 g/mol. The minimum atomic E-state index is -1.31. The van der Waals surface area contributed by atoms with Crippen LogP contribution in [0.4, 0.5) is 8.78 Å². The first-order valence-corrected chi connectivity index (χ1v) is 11.9. The van der Waals surface area contributed by atoms with Gasteiger partial charge < -0.3 is 9.12 Å². The number of nitrogens with one attached hydrogen (secondary N) is 1. The molecule has 0 bridgehead atoms. The zero-order valence-electron chi connectivity index (χ0n) is 19.6. The number of hydrogen-bond acceptors (Lipinski definition) is 2. The van der Waals surface area contributed by atoms with Gasteiger partial charge in [0.25, 0.3) is 0 Å². The van der Waals surface area contributed by atoms with Gasteiger partial charge >= 0.3 is 0 Å². The Labute approximate surface area is 193 Å². The number of benzene rings is 2. The Kier molecular flexibility index (Phi) is 7.18. The minimum Gasteiger partial charge on any atom is -0.598 e. The molecule has 0 aliphatic carbocycles. The molecule has 0 saturated heterocycles. The van der Waals surface area contributed by atoms with E-state index in [0.29, 0.717) is 12.1 Å². The van der Waals surface area contributed by atoms with Crippen molar-refractivity contribution in [2.75, 3.05) is 0 Å². The first kappa shape index (κ1) is 24.5. The van der Waals surface area contributed by atoms with Gasteiger partial charge in [-0.05, 0) is 56.0 Å². The summed E-state index contributed by atoms with van der Waals surface area (Å²) in [4.78, 5) is 0. The van der Waals surface area contributed by atoms with Crippen molar-refractivity contribution in [3.63, 3.8) is 0 Å². The molecule has 0 amide bonds. The molecule has 1 heterocycles.